The topological polar surface area (TPSA) is 0 Å². The van der Waals surface area contributed by atoms with E-state index in [2.05, 4.69) is 27.7 Å². The van der Waals surface area contributed by atoms with Crippen LogP contribution in [0.1, 0.15) is 79.1 Å². The smallest absolute Gasteiger partial charge is 0.106 e. The van der Waals surface area contributed by atoms with E-state index in [0.717, 1.165) is 18.8 Å². The summed E-state index contributed by atoms with van der Waals surface area (Å²) in [6.07, 6.45) is 6.44. The fourth-order valence-corrected chi connectivity index (χ4v) is 6.30. The van der Waals surface area contributed by atoms with Crippen molar-refractivity contribution in [2.24, 2.45) is 47.3 Å². The first kappa shape index (κ1) is 18.6. The van der Waals surface area contributed by atoms with Crippen LogP contribution < -0.4 is 0 Å². The average Bonchev–Trinajstić information content (AvgIpc) is 2.52. The third-order valence-electron chi connectivity index (χ3n) is 8.31. The predicted octanol–water partition coefficient (Wildman–Crippen LogP) is 6.83. The monoisotopic (exact) mass is 340 g/mol. The van der Waals surface area contributed by atoms with E-state index in [1.807, 2.05) is 0 Å². The van der Waals surface area contributed by atoms with Gasteiger partial charge in [-0.2, -0.15) is 0 Å². The molecule has 0 bridgehead atoms. The van der Waals surface area contributed by atoms with Crippen LogP contribution in [-0.4, -0.2) is 12.3 Å². The Labute approximate surface area is 148 Å². The molecule has 0 radical (unpaired) electrons. The first-order valence-corrected chi connectivity index (χ1v) is 10.6. The average molecular weight is 341 g/mol. The predicted molar refractivity (Wildman–Crippen MR) is 97.3 cm³/mol. The van der Waals surface area contributed by atoms with Crippen LogP contribution >= 0.6 is 0 Å². The number of alkyl halides is 2. The Kier molecular flexibility index (Phi) is 5.92. The summed E-state index contributed by atoms with van der Waals surface area (Å²) in [5, 5.41) is 0. The SMILES string of the molecule is CC1CCC(C2CC(F)C(C3CC(C)C(C)C(C)C3)C(F)C2)CC1. The Bertz CT molecular complexity index is 377. The van der Waals surface area contributed by atoms with Crippen molar-refractivity contribution in [3.05, 3.63) is 0 Å². The van der Waals surface area contributed by atoms with Crippen LogP contribution in [-0.2, 0) is 0 Å². The molecule has 0 N–H and O–H groups in total. The van der Waals surface area contributed by atoms with Gasteiger partial charge in [-0.25, -0.2) is 8.78 Å². The normalized spacial score (nSPS) is 53.8. The molecule has 0 aromatic carbocycles. The van der Waals surface area contributed by atoms with Crippen LogP contribution in [0, 0.1) is 47.3 Å². The lowest BCUT2D eigenvalue weighted by atomic mass is 9.60. The molecule has 0 aromatic heterocycles. The fraction of sp³-hybridized carbons (Fsp3) is 1.00. The lowest BCUT2D eigenvalue weighted by Crippen LogP contribution is -2.45. The first-order valence-electron chi connectivity index (χ1n) is 10.6. The van der Waals surface area contributed by atoms with Gasteiger partial charge in [-0.05, 0) is 80.0 Å². The Hall–Kier alpha value is -0.140. The molecule has 140 valence electrons. The minimum absolute atomic E-state index is 0.267. The van der Waals surface area contributed by atoms with Crippen molar-refractivity contribution in [3.8, 4) is 0 Å². The zero-order valence-corrected chi connectivity index (χ0v) is 16.2. The summed E-state index contributed by atoms with van der Waals surface area (Å²) in [5.74, 6) is 3.56. The summed E-state index contributed by atoms with van der Waals surface area (Å²) < 4.78 is 30.2. The van der Waals surface area contributed by atoms with Gasteiger partial charge < -0.3 is 0 Å². The molecule has 0 saturated heterocycles. The molecule has 0 spiro atoms. The molecule has 2 heteroatoms. The van der Waals surface area contributed by atoms with Crippen LogP contribution in [0.3, 0.4) is 0 Å². The molecule has 4 atom stereocenters. The Morgan fingerprint density at radius 2 is 1.08 bits per heavy atom. The third kappa shape index (κ3) is 3.83. The van der Waals surface area contributed by atoms with Gasteiger partial charge in [0.05, 0.1) is 0 Å². The highest BCUT2D eigenvalue weighted by molar-refractivity contribution is 4.95. The maximum absolute atomic E-state index is 15.1. The quantitative estimate of drug-likeness (QED) is 0.516. The fourth-order valence-electron chi connectivity index (χ4n) is 6.30. The van der Waals surface area contributed by atoms with Crippen molar-refractivity contribution in [2.75, 3.05) is 0 Å². The summed E-state index contributed by atoms with van der Waals surface area (Å²) in [5.41, 5.74) is 0. The molecule has 0 heterocycles. The van der Waals surface area contributed by atoms with Crippen molar-refractivity contribution in [3.63, 3.8) is 0 Å². The van der Waals surface area contributed by atoms with E-state index >= 15 is 8.78 Å². The largest absolute Gasteiger partial charge is 0.247 e. The molecular weight excluding hydrogens is 302 g/mol. The van der Waals surface area contributed by atoms with E-state index in [1.165, 1.54) is 25.7 Å². The van der Waals surface area contributed by atoms with Gasteiger partial charge in [0.1, 0.15) is 12.3 Å². The molecule has 24 heavy (non-hydrogen) atoms. The summed E-state index contributed by atoms with van der Waals surface area (Å²) in [4.78, 5) is 0. The molecule has 0 aromatic rings. The summed E-state index contributed by atoms with van der Waals surface area (Å²) >= 11 is 0. The van der Waals surface area contributed by atoms with Crippen molar-refractivity contribution in [1.82, 2.24) is 0 Å². The van der Waals surface area contributed by atoms with Crippen LogP contribution in [0.5, 0.6) is 0 Å². The Morgan fingerprint density at radius 1 is 0.583 bits per heavy atom. The molecule has 0 amide bonds. The molecule has 0 nitrogen and oxygen atoms in total. The lowest BCUT2D eigenvalue weighted by molar-refractivity contribution is -0.0380. The third-order valence-corrected chi connectivity index (χ3v) is 8.31. The van der Waals surface area contributed by atoms with Crippen LogP contribution in [0.15, 0.2) is 0 Å². The zero-order valence-electron chi connectivity index (χ0n) is 16.2. The maximum atomic E-state index is 15.1. The van der Waals surface area contributed by atoms with Crippen molar-refractivity contribution in [2.45, 2.75) is 91.4 Å². The van der Waals surface area contributed by atoms with E-state index in [-0.39, 0.29) is 11.8 Å². The van der Waals surface area contributed by atoms with E-state index in [9.17, 15) is 0 Å². The van der Waals surface area contributed by atoms with Gasteiger partial charge in [0.25, 0.3) is 0 Å². The summed E-state index contributed by atoms with van der Waals surface area (Å²) in [7, 11) is 0. The van der Waals surface area contributed by atoms with Gasteiger partial charge in [-0.3, -0.25) is 0 Å². The highest BCUT2D eigenvalue weighted by Crippen LogP contribution is 2.49. The van der Waals surface area contributed by atoms with Crippen LogP contribution in [0.4, 0.5) is 8.78 Å². The molecule has 3 fully saturated rings. The van der Waals surface area contributed by atoms with Gasteiger partial charge in [0, 0.05) is 5.92 Å². The summed E-state index contributed by atoms with van der Waals surface area (Å²) in [6.45, 7) is 9.19. The van der Waals surface area contributed by atoms with E-state index < -0.39 is 12.3 Å². The van der Waals surface area contributed by atoms with Crippen LogP contribution in [0.25, 0.3) is 0 Å². The van der Waals surface area contributed by atoms with Crippen molar-refractivity contribution in [1.29, 1.82) is 0 Å². The molecule has 3 aliphatic carbocycles. The highest BCUT2D eigenvalue weighted by Gasteiger charge is 2.47. The first-order chi connectivity index (χ1) is 11.4. The zero-order chi connectivity index (χ0) is 17.4. The standard InChI is InChI=1S/C22H38F2/c1-13-5-7-17(8-6-13)18-11-20(23)22(21(24)12-18)19-9-14(2)16(4)15(3)10-19/h13-22H,5-12H2,1-4H3. The van der Waals surface area contributed by atoms with Crippen LogP contribution in [0.2, 0.25) is 0 Å². The second kappa shape index (κ2) is 7.62. The van der Waals surface area contributed by atoms with Gasteiger partial charge >= 0.3 is 0 Å². The number of hydrogen-bond donors (Lipinski definition) is 0. The minimum Gasteiger partial charge on any atom is -0.247 e. The van der Waals surface area contributed by atoms with E-state index in [4.69, 9.17) is 0 Å². The van der Waals surface area contributed by atoms with Gasteiger partial charge in [-0.1, -0.05) is 40.5 Å². The molecule has 3 aliphatic rings. The van der Waals surface area contributed by atoms with Gasteiger partial charge in [0.2, 0.25) is 0 Å². The highest BCUT2D eigenvalue weighted by atomic mass is 19.1. The van der Waals surface area contributed by atoms with Crippen molar-refractivity contribution >= 4 is 0 Å². The molecular formula is C22H38F2. The van der Waals surface area contributed by atoms with Gasteiger partial charge in [-0.15, -0.1) is 0 Å². The lowest BCUT2D eigenvalue weighted by Gasteiger charge is -2.46. The summed E-state index contributed by atoms with van der Waals surface area (Å²) in [6, 6.07) is 0. The Balaban J connectivity index is 1.61. The van der Waals surface area contributed by atoms with E-state index in [0.29, 0.717) is 42.4 Å². The number of hydrogen-bond acceptors (Lipinski definition) is 0. The second-order valence-electron chi connectivity index (χ2n) is 9.91. The second-order valence-corrected chi connectivity index (χ2v) is 9.91. The maximum Gasteiger partial charge on any atom is 0.106 e. The number of rotatable bonds is 2. The minimum atomic E-state index is -0.907. The Morgan fingerprint density at radius 3 is 1.58 bits per heavy atom. The van der Waals surface area contributed by atoms with Gasteiger partial charge in [0.15, 0.2) is 0 Å². The van der Waals surface area contributed by atoms with E-state index in [1.54, 1.807) is 0 Å². The van der Waals surface area contributed by atoms with Crippen molar-refractivity contribution < 1.29 is 8.78 Å². The molecule has 4 unspecified atom stereocenters. The number of halogens is 2. The molecule has 3 rings (SSSR count). The molecule has 3 saturated carbocycles. The molecule has 0 aliphatic heterocycles.